The first kappa shape index (κ1) is 20.7. The molecule has 0 radical (unpaired) electrons. The van der Waals surface area contributed by atoms with E-state index in [-0.39, 0.29) is 10.8 Å². The summed E-state index contributed by atoms with van der Waals surface area (Å²) in [6, 6.07) is 11.5. The molecule has 0 aliphatic rings. The summed E-state index contributed by atoms with van der Waals surface area (Å²) in [7, 11) is 2.47. The quantitative estimate of drug-likeness (QED) is 0.742. The van der Waals surface area contributed by atoms with Crippen LogP contribution in [0.3, 0.4) is 0 Å². The monoisotopic (exact) mass is 392 g/mol. The van der Waals surface area contributed by atoms with Crippen molar-refractivity contribution < 1.29 is 22.7 Å². The maximum absolute atomic E-state index is 12.4. The number of carbonyl (C=O) groups is 1. The molecule has 1 N–H and O–H groups in total. The van der Waals surface area contributed by atoms with Gasteiger partial charge in [0.15, 0.2) is 0 Å². The SMILES string of the molecule is COc1ccc(CCNC(=O)c2cccc(S(=O)(=O)N(C)C)c2)c(OC)c1. The second-order valence-electron chi connectivity index (χ2n) is 6.00. The minimum absolute atomic E-state index is 0.0805. The summed E-state index contributed by atoms with van der Waals surface area (Å²) in [5.41, 5.74) is 1.22. The van der Waals surface area contributed by atoms with Gasteiger partial charge in [-0.1, -0.05) is 12.1 Å². The van der Waals surface area contributed by atoms with Gasteiger partial charge in [-0.3, -0.25) is 4.79 Å². The summed E-state index contributed by atoms with van der Waals surface area (Å²) in [5, 5.41) is 2.80. The van der Waals surface area contributed by atoms with Crippen LogP contribution in [0.15, 0.2) is 47.4 Å². The average molecular weight is 392 g/mol. The van der Waals surface area contributed by atoms with E-state index in [1.807, 2.05) is 12.1 Å². The topological polar surface area (TPSA) is 84.9 Å². The Balaban J connectivity index is 2.05. The first-order chi connectivity index (χ1) is 12.8. The Hall–Kier alpha value is -2.58. The van der Waals surface area contributed by atoms with E-state index in [9.17, 15) is 13.2 Å². The van der Waals surface area contributed by atoms with Gasteiger partial charge in [0.05, 0.1) is 19.1 Å². The number of nitrogens with one attached hydrogen (secondary N) is 1. The van der Waals surface area contributed by atoms with Crippen molar-refractivity contribution in [3.8, 4) is 11.5 Å². The molecule has 146 valence electrons. The molecule has 0 aliphatic carbocycles. The molecule has 0 unspecified atom stereocenters. The van der Waals surface area contributed by atoms with Crippen LogP contribution in [-0.2, 0) is 16.4 Å². The Morgan fingerprint density at radius 2 is 1.81 bits per heavy atom. The first-order valence-electron chi connectivity index (χ1n) is 8.31. The molecular formula is C19H24N2O5S. The minimum atomic E-state index is -3.59. The molecule has 2 aromatic carbocycles. The van der Waals surface area contributed by atoms with Crippen LogP contribution in [0.2, 0.25) is 0 Å². The molecule has 2 aromatic rings. The lowest BCUT2D eigenvalue weighted by Gasteiger charge is -2.13. The van der Waals surface area contributed by atoms with Crippen LogP contribution in [0.25, 0.3) is 0 Å². The maximum Gasteiger partial charge on any atom is 0.251 e. The molecule has 8 heteroatoms. The molecule has 1 amide bonds. The van der Waals surface area contributed by atoms with Crippen molar-refractivity contribution >= 4 is 15.9 Å². The molecule has 27 heavy (non-hydrogen) atoms. The van der Waals surface area contributed by atoms with Crippen LogP contribution in [0.5, 0.6) is 11.5 Å². The molecule has 0 atom stereocenters. The largest absolute Gasteiger partial charge is 0.497 e. The lowest BCUT2D eigenvalue weighted by molar-refractivity contribution is 0.0954. The van der Waals surface area contributed by atoms with Gasteiger partial charge >= 0.3 is 0 Å². The van der Waals surface area contributed by atoms with Crippen LogP contribution >= 0.6 is 0 Å². The summed E-state index contributed by atoms with van der Waals surface area (Å²) in [6.07, 6.45) is 0.564. The summed E-state index contributed by atoms with van der Waals surface area (Å²) < 4.78 is 36.0. The van der Waals surface area contributed by atoms with Gasteiger partial charge in [-0.25, -0.2) is 12.7 Å². The minimum Gasteiger partial charge on any atom is -0.497 e. The Morgan fingerprint density at radius 3 is 2.44 bits per heavy atom. The normalized spacial score (nSPS) is 11.3. The van der Waals surface area contributed by atoms with Crippen molar-refractivity contribution in [2.45, 2.75) is 11.3 Å². The Bertz CT molecular complexity index is 910. The standard InChI is InChI=1S/C19H24N2O5S/c1-21(2)27(23,24)17-7-5-6-15(12-17)19(22)20-11-10-14-8-9-16(25-3)13-18(14)26-4/h5-9,12-13H,10-11H2,1-4H3,(H,20,22). The number of nitrogens with zero attached hydrogens (tertiary/aromatic N) is 1. The number of rotatable bonds is 8. The molecule has 0 saturated carbocycles. The highest BCUT2D eigenvalue weighted by Gasteiger charge is 2.18. The fourth-order valence-electron chi connectivity index (χ4n) is 2.48. The molecule has 0 aliphatic heterocycles. The van der Waals surface area contributed by atoms with Gasteiger partial charge < -0.3 is 14.8 Å². The molecule has 0 heterocycles. The zero-order valence-corrected chi connectivity index (χ0v) is 16.7. The highest BCUT2D eigenvalue weighted by atomic mass is 32.2. The number of sulfonamides is 1. The Morgan fingerprint density at radius 1 is 1.07 bits per heavy atom. The van der Waals surface area contributed by atoms with Gasteiger partial charge in [-0.05, 0) is 36.2 Å². The van der Waals surface area contributed by atoms with Gasteiger partial charge in [0, 0.05) is 32.3 Å². The van der Waals surface area contributed by atoms with Crippen molar-refractivity contribution in [1.82, 2.24) is 9.62 Å². The molecular weight excluding hydrogens is 368 g/mol. The number of methoxy groups -OCH3 is 2. The number of benzene rings is 2. The zero-order valence-electron chi connectivity index (χ0n) is 15.9. The van der Waals surface area contributed by atoms with Gasteiger partial charge in [0.2, 0.25) is 10.0 Å². The highest BCUT2D eigenvalue weighted by Crippen LogP contribution is 2.24. The van der Waals surface area contributed by atoms with E-state index in [4.69, 9.17) is 9.47 Å². The second kappa shape index (κ2) is 8.88. The lowest BCUT2D eigenvalue weighted by Crippen LogP contribution is -2.27. The van der Waals surface area contributed by atoms with E-state index in [0.29, 0.717) is 30.0 Å². The molecule has 2 rings (SSSR count). The summed E-state index contributed by atoms with van der Waals surface area (Å²) in [5.74, 6) is 1.04. The summed E-state index contributed by atoms with van der Waals surface area (Å²) in [4.78, 5) is 12.4. The maximum atomic E-state index is 12.4. The van der Waals surface area contributed by atoms with Crippen molar-refractivity contribution in [3.05, 3.63) is 53.6 Å². The van der Waals surface area contributed by atoms with Gasteiger partial charge in [-0.2, -0.15) is 0 Å². The zero-order chi connectivity index (χ0) is 20.0. The van der Waals surface area contributed by atoms with Crippen LogP contribution in [0.1, 0.15) is 15.9 Å². The predicted octanol–water partition coefficient (Wildman–Crippen LogP) is 1.93. The van der Waals surface area contributed by atoms with Gasteiger partial charge in [-0.15, -0.1) is 0 Å². The molecule has 0 spiro atoms. The number of ether oxygens (including phenoxy) is 2. The fourth-order valence-corrected chi connectivity index (χ4v) is 3.43. The molecule has 0 saturated heterocycles. The number of hydrogen-bond donors (Lipinski definition) is 1. The lowest BCUT2D eigenvalue weighted by atomic mass is 10.1. The van der Waals surface area contributed by atoms with Crippen molar-refractivity contribution in [2.24, 2.45) is 0 Å². The fraction of sp³-hybridized carbons (Fsp3) is 0.316. The summed E-state index contributed by atoms with van der Waals surface area (Å²) in [6.45, 7) is 0.381. The van der Waals surface area contributed by atoms with E-state index in [1.54, 1.807) is 32.4 Å². The van der Waals surface area contributed by atoms with Crippen LogP contribution in [-0.4, -0.2) is 53.5 Å². The first-order valence-corrected chi connectivity index (χ1v) is 9.75. The average Bonchev–Trinajstić information content (AvgIpc) is 2.67. The third kappa shape index (κ3) is 4.99. The van der Waals surface area contributed by atoms with E-state index >= 15 is 0 Å². The molecule has 7 nitrogen and oxygen atoms in total. The number of carbonyl (C=O) groups excluding carboxylic acids is 1. The molecule has 0 fully saturated rings. The van der Waals surface area contributed by atoms with E-state index < -0.39 is 10.0 Å². The molecule has 0 aromatic heterocycles. The van der Waals surface area contributed by atoms with Crippen LogP contribution in [0, 0.1) is 0 Å². The van der Waals surface area contributed by atoms with Crippen molar-refractivity contribution in [2.75, 3.05) is 34.9 Å². The van der Waals surface area contributed by atoms with Gasteiger partial charge in [0.1, 0.15) is 11.5 Å². The van der Waals surface area contributed by atoms with E-state index in [0.717, 1.165) is 9.87 Å². The Kier molecular flexibility index (Phi) is 6.81. The van der Waals surface area contributed by atoms with E-state index in [1.165, 1.54) is 26.2 Å². The second-order valence-corrected chi connectivity index (χ2v) is 8.15. The third-order valence-corrected chi connectivity index (χ3v) is 5.86. The Labute approximate surface area is 160 Å². The predicted molar refractivity (Wildman–Crippen MR) is 103 cm³/mol. The third-order valence-electron chi connectivity index (χ3n) is 4.05. The highest BCUT2D eigenvalue weighted by molar-refractivity contribution is 7.89. The van der Waals surface area contributed by atoms with E-state index in [2.05, 4.69) is 5.32 Å². The van der Waals surface area contributed by atoms with Gasteiger partial charge in [0.25, 0.3) is 5.91 Å². The smallest absolute Gasteiger partial charge is 0.251 e. The van der Waals surface area contributed by atoms with Crippen molar-refractivity contribution in [3.63, 3.8) is 0 Å². The van der Waals surface area contributed by atoms with Crippen LogP contribution in [0.4, 0.5) is 0 Å². The van der Waals surface area contributed by atoms with Crippen LogP contribution < -0.4 is 14.8 Å². The van der Waals surface area contributed by atoms with Crippen molar-refractivity contribution in [1.29, 1.82) is 0 Å². The number of amides is 1. The summed E-state index contributed by atoms with van der Waals surface area (Å²) >= 11 is 0. The molecule has 0 bridgehead atoms. The number of hydrogen-bond acceptors (Lipinski definition) is 5.